The molecule has 1 aliphatic rings. The van der Waals surface area contributed by atoms with Crippen molar-refractivity contribution in [3.05, 3.63) is 17.3 Å². The van der Waals surface area contributed by atoms with Crippen molar-refractivity contribution in [2.75, 3.05) is 26.2 Å². The number of rotatable bonds is 5. The van der Waals surface area contributed by atoms with Crippen LogP contribution in [0.4, 0.5) is 0 Å². The lowest BCUT2D eigenvalue weighted by Gasteiger charge is -2.14. The molecule has 2 N–H and O–H groups in total. The van der Waals surface area contributed by atoms with Crippen molar-refractivity contribution < 1.29 is 9.21 Å². The van der Waals surface area contributed by atoms with Crippen molar-refractivity contribution in [1.29, 1.82) is 0 Å². The SMILES string of the molecule is CCNC(=NCC(=O)N1CCCC1)NCc1nc(C)c(C)o1. The summed E-state index contributed by atoms with van der Waals surface area (Å²) in [6.07, 6.45) is 2.19. The van der Waals surface area contributed by atoms with E-state index in [0.29, 0.717) is 18.4 Å². The van der Waals surface area contributed by atoms with Gasteiger partial charge in [-0.15, -0.1) is 0 Å². The Morgan fingerprint density at radius 2 is 2.05 bits per heavy atom. The first kappa shape index (κ1) is 16.3. The third-order valence-corrected chi connectivity index (χ3v) is 3.66. The number of carbonyl (C=O) groups excluding carboxylic acids is 1. The lowest BCUT2D eigenvalue weighted by molar-refractivity contribution is -0.128. The minimum absolute atomic E-state index is 0.0810. The number of likely N-dealkylation sites (tertiary alicyclic amines) is 1. The molecule has 2 heterocycles. The molecule has 0 saturated carbocycles. The Balaban J connectivity index is 1.87. The van der Waals surface area contributed by atoms with Crippen LogP contribution < -0.4 is 10.6 Å². The van der Waals surface area contributed by atoms with Gasteiger partial charge in [0, 0.05) is 19.6 Å². The molecule has 1 saturated heterocycles. The molecule has 1 aromatic rings. The summed E-state index contributed by atoms with van der Waals surface area (Å²) in [5.41, 5.74) is 0.892. The number of aromatic nitrogens is 1. The molecule has 1 aliphatic heterocycles. The summed E-state index contributed by atoms with van der Waals surface area (Å²) >= 11 is 0. The van der Waals surface area contributed by atoms with E-state index in [-0.39, 0.29) is 12.5 Å². The van der Waals surface area contributed by atoms with Gasteiger partial charge in [0.25, 0.3) is 0 Å². The minimum Gasteiger partial charge on any atom is -0.444 e. The lowest BCUT2D eigenvalue weighted by atomic mass is 10.4. The first-order chi connectivity index (χ1) is 10.6. The predicted molar refractivity (Wildman–Crippen MR) is 84.6 cm³/mol. The second kappa shape index (κ2) is 7.82. The van der Waals surface area contributed by atoms with Gasteiger partial charge in [-0.1, -0.05) is 0 Å². The molecule has 0 aliphatic carbocycles. The van der Waals surface area contributed by atoms with Crippen molar-refractivity contribution in [2.24, 2.45) is 4.99 Å². The molecular weight excluding hydrogens is 282 g/mol. The topological polar surface area (TPSA) is 82.8 Å². The van der Waals surface area contributed by atoms with Crippen LogP contribution >= 0.6 is 0 Å². The second-order valence-corrected chi connectivity index (χ2v) is 5.39. The number of carbonyl (C=O) groups is 1. The van der Waals surface area contributed by atoms with Crippen LogP contribution in [0.15, 0.2) is 9.41 Å². The van der Waals surface area contributed by atoms with Crippen molar-refractivity contribution in [1.82, 2.24) is 20.5 Å². The van der Waals surface area contributed by atoms with E-state index in [9.17, 15) is 4.79 Å². The second-order valence-electron chi connectivity index (χ2n) is 5.39. The number of hydrogen-bond donors (Lipinski definition) is 2. The van der Waals surface area contributed by atoms with Crippen LogP contribution in [-0.4, -0.2) is 47.9 Å². The first-order valence-electron chi connectivity index (χ1n) is 7.83. The van der Waals surface area contributed by atoms with E-state index >= 15 is 0 Å². The molecule has 0 spiro atoms. The van der Waals surface area contributed by atoms with E-state index < -0.39 is 0 Å². The average molecular weight is 307 g/mol. The van der Waals surface area contributed by atoms with E-state index in [0.717, 1.165) is 43.9 Å². The maximum absolute atomic E-state index is 12.0. The van der Waals surface area contributed by atoms with Crippen LogP contribution in [0.2, 0.25) is 0 Å². The fourth-order valence-electron chi connectivity index (χ4n) is 2.33. The van der Waals surface area contributed by atoms with Crippen molar-refractivity contribution in [3.63, 3.8) is 0 Å². The molecule has 22 heavy (non-hydrogen) atoms. The number of oxazole rings is 1. The molecular formula is C15H25N5O2. The monoisotopic (exact) mass is 307 g/mol. The Hall–Kier alpha value is -2.05. The number of aryl methyl sites for hydroxylation is 2. The molecule has 7 heteroatoms. The molecule has 122 valence electrons. The molecule has 1 amide bonds. The van der Waals surface area contributed by atoms with Crippen molar-refractivity contribution >= 4 is 11.9 Å². The van der Waals surface area contributed by atoms with Gasteiger partial charge in [-0.05, 0) is 33.6 Å². The van der Waals surface area contributed by atoms with E-state index in [4.69, 9.17) is 4.42 Å². The molecule has 0 unspecified atom stereocenters. The third kappa shape index (κ3) is 4.47. The zero-order valence-electron chi connectivity index (χ0n) is 13.6. The van der Waals surface area contributed by atoms with E-state index in [1.165, 1.54) is 0 Å². The minimum atomic E-state index is 0.0810. The molecule has 0 bridgehead atoms. The molecule has 7 nitrogen and oxygen atoms in total. The van der Waals surface area contributed by atoms with Crippen LogP contribution in [0.1, 0.15) is 37.1 Å². The van der Waals surface area contributed by atoms with Crippen molar-refractivity contribution in [2.45, 2.75) is 40.2 Å². The zero-order chi connectivity index (χ0) is 15.9. The molecule has 1 fully saturated rings. The van der Waals surface area contributed by atoms with Crippen LogP contribution in [0.5, 0.6) is 0 Å². The summed E-state index contributed by atoms with van der Waals surface area (Å²) in [4.78, 5) is 22.5. The summed E-state index contributed by atoms with van der Waals surface area (Å²) < 4.78 is 5.52. The van der Waals surface area contributed by atoms with Gasteiger partial charge in [0.15, 0.2) is 5.96 Å². The standard InChI is InChI=1S/C15H25N5O2/c1-4-16-15(17-9-13-19-11(2)12(3)22-13)18-10-14(21)20-7-5-6-8-20/h4-10H2,1-3H3,(H2,16,17,18). The summed E-state index contributed by atoms with van der Waals surface area (Å²) in [6.45, 7) is 8.83. The fraction of sp³-hybridized carbons (Fsp3) is 0.667. The van der Waals surface area contributed by atoms with Gasteiger partial charge < -0.3 is 20.0 Å². The van der Waals surface area contributed by atoms with E-state index in [1.54, 1.807) is 0 Å². The Morgan fingerprint density at radius 3 is 2.64 bits per heavy atom. The van der Waals surface area contributed by atoms with Crippen LogP contribution in [0, 0.1) is 13.8 Å². The highest BCUT2D eigenvalue weighted by Crippen LogP contribution is 2.08. The van der Waals surface area contributed by atoms with Gasteiger partial charge in [0.1, 0.15) is 12.3 Å². The molecule has 1 aromatic heterocycles. The maximum Gasteiger partial charge on any atom is 0.244 e. The summed E-state index contributed by atoms with van der Waals surface area (Å²) in [5, 5.41) is 6.25. The Labute approximate surface area is 131 Å². The highest BCUT2D eigenvalue weighted by Gasteiger charge is 2.17. The zero-order valence-corrected chi connectivity index (χ0v) is 13.6. The molecule has 0 radical (unpaired) electrons. The number of hydrogen-bond acceptors (Lipinski definition) is 4. The summed E-state index contributed by atoms with van der Waals surface area (Å²) in [5.74, 6) is 2.12. The van der Waals surface area contributed by atoms with Gasteiger partial charge in [-0.25, -0.2) is 9.98 Å². The number of nitrogens with zero attached hydrogens (tertiary/aromatic N) is 3. The third-order valence-electron chi connectivity index (χ3n) is 3.66. The first-order valence-corrected chi connectivity index (χ1v) is 7.83. The predicted octanol–water partition coefficient (Wildman–Crippen LogP) is 0.969. The number of nitrogens with one attached hydrogen (secondary N) is 2. The lowest BCUT2D eigenvalue weighted by Crippen LogP contribution is -2.38. The number of amides is 1. The van der Waals surface area contributed by atoms with Gasteiger partial charge in [-0.2, -0.15) is 0 Å². The molecule has 0 atom stereocenters. The Morgan fingerprint density at radius 1 is 1.32 bits per heavy atom. The Bertz CT molecular complexity index is 513. The average Bonchev–Trinajstić information content (AvgIpc) is 3.12. The quantitative estimate of drug-likeness (QED) is 0.625. The number of aliphatic imine (C=N–C) groups is 1. The molecule has 0 aromatic carbocycles. The van der Waals surface area contributed by atoms with Crippen LogP contribution in [0.25, 0.3) is 0 Å². The van der Waals surface area contributed by atoms with Crippen LogP contribution in [-0.2, 0) is 11.3 Å². The van der Waals surface area contributed by atoms with Gasteiger partial charge in [0.2, 0.25) is 11.8 Å². The summed E-state index contributed by atoms with van der Waals surface area (Å²) in [6, 6.07) is 0. The van der Waals surface area contributed by atoms with Gasteiger partial charge in [0.05, 0.1) is 12.2 Å². The summed E-state index contributed by atoms with van der Waals surface area (Å²) in [7, 11) is 0. The highest BCUT2D eigenvalue weighted by atomic mass is 16.4. The number of guanidine groups is 1. The van der Waals surface area contributed by atoms with Crippen LogP contribution in [0.3, 0.4) is 0 Å². The van der Waals surface area contributed by atoms with E-state index in [2.05, 4.69) is 20.6 Å². The van der Waals surface area contributed by atoms with Gasteiger partial charge >= 0.3 is 0 Å². The van der Waals surface area contributed by atoms with Gasteiger partial charge in [-0.3, -0.25) is 4.79 Å². The maximum atomic E-state index is 12.0. The molecule has 2 rings (SSSR count). The van der Waals surface area contributed by atoms with Crippen molar-refractivity contribution in [3.8, 4) is 0 Å². The Kier molecular flexibility index (Phi) is 5.80. The fourth-order valence-corrected chi connectivity index (χ4v) is 2.33. The largest absolute Gasteiger partial charge is 0.444 e. The highest BCUT2D eigenvalue weighted by molar-refractivity contribution is 5.85. The smallest absolute Gasteiger partial charge is 0.244 e. The normalized spacial score (nSPS) is 15.2. The van der Waals surface area contributed by atoms with E-state index in [1.807, 2.05) is 25.7 Å².